The van der Waals surface area contributed by atoms with Gasteiger partial charge < -0.3 is 25.5 Å². The largest absolute Gasteiger partial charge is 0.384 e. The Bertz CT molecular complexity index is 1170. The Hall–Kier alpha value is -2.94. The van der Waals surface area contributed by atoms with E-state index in [2.05, 4.69) is 10.6 Å². The van der Waals surface area contributed by atoms with Crippen LogP contribution >= 0.6 is 11.6 Å². The third-order valence-electron chi connectivity index (χ3n) is 7.45. The zero-order valence-electron chi connectivity index (χ0n) is 23.0. The number of aliphatic hydroxyl groups is 1. The van der Waals surface area contributed by atoms with Crippen molar-refractivity contribution in [3.05, 3.63) is 64.7 Å². The fraction of sp³-hybridized carbons (Fsp3) is 0.483. The maximum Gasteiger partial charge on any atom is 0.251 e. The number of hydrogen-bond acceptors (Lipinski definition) is 5. The lowest BCUT2D eigenvalue weighted by atomic mass is 9.66. The third-order valence-corrected chi connectivity index (χ3v) is 7.70. The minimum Gasteiger partial charge on any atom is -0.384 e. The van der Waals surface area contributed by atoms with Crippen molar-refractivity contribution in [2.45, 2.75) is 45.8 Å². The quantitative estimate of drug-likeness (QED) is 0.471. The Balaban J connectivity index is 1.63. The van der Waals surface area contributed by atoms with E-state index in [1.807, 2.05) is 32.9 Å². The summed E-state index contributed by atoms with van der Waals surface area (Å²) in [4.78, 5) is 42.0. The first-order valence-corrected chi connectivity index (χ1v) is 13.2. The zero-order chi connectivity index (χ0) is 28.3. The molecule has 1 unspecified atom stereocenters. The standard InChI is InChI=1S/C29H39ClN4O4/c1-19(20(2)31-26(36)21-8-7-9-24(16-21)32-25(35)17-33(5)6)27(37)34-15-14-29(38,28(3,4)18-34)22-10-12-23(30)13-11-22/h7-13,16,19-20,38H,14-15,17-18H2,1-6H3,(H,31,36)(H,32,35)/t19-,20?,29+/m1/s1. The summed E-state index contributed by atoms with van der Waals surface area (Å²) in [7, 11) is 3.61. The smallest absolute Gasteiger partial charge is 0.251 e. The number of piperidine rings is 1. The van der Waals surface area contributed by atoms with Gasteiger partial charge in [0.15, 0.2) is 0 Å². The SMILES string of the molecule is CC(NC(=O)c1cccc(NC(=O)CN(C)C)c1)[C@@H](C)C(=O)N1CC[C@](O)(c2ccc(Cl)cc2)C(C)(C)C1. The molecule has 0 saturated carbocycles. The molecule has 206 valence electrons. The second-order valence-corrected chi connectivity index (χ2v) is 11.6. The summed E-state index contributed by atoms with van der Waals surface area (Å²) in [6.07, 6.45) is 0.396. The molecule has 1 saturated heterocycles. The Morgan fingerprint density at radius 3 is 2.37 bits per heavy atom. The van der Waals surface area contributed by atoms with Crippen LogP contribution in [-0.4, -0.2) is 72.4 Å². The van der Waals surface area contributed by atoms with Crippen LogP contribution in [0.1, 0.15) is 50.0 Å². The van der Waals surface area contributed by atoms with Crippen LogP contribution in [0.2, 0.25) is 5.02 Å². The highest BCUT2D eigenvalue weighted by Gasteiger charge is 2.50. The molecule has 1 aliphatic rings. The van der Waals surface area contributed by atoms with Crippen molar-refractivity contribution in [3.63, 3.8) is 0 Å². The van der Waals surface area contributed by atoms with E-state index >= 15 is 0 Å². The number of likely N-dealkylation sites (tertiary alicyclic amines) is 1. The Labute approximate surface area is 230 Å². The van der Waals surface area contributed by atoms with Crippen LogP contribution in [-0.2, 0) is 15.2 Å². The summed E-state index contributed by atoms with van der Waals surface area (Å²) >= 11 is 6.03. The fourth-order valence-electron chi connectivity index (χ4n) is 4.91. The molecule has 3 amide bonds. The number of nitrogens with one attached hydrogen (secondary N) is 2. The van der Waals surface area contributed by atoms with Gasteiger partial charge in [-0.3, -0.25) is 14.4 Å². The molecule has 1 heterocycles. The van der Waals surface area contributed by atoms with Gasteiger partial charge in [0, 0.05) is 40.8 Å². The number of rotatable bonds is 8. The highest BCUT2D eigenvalue weighted by Crippen LogP contribution is 2.46. The van der Waals surface area contributed by atoms with E-state index < -0.39 is 23.0 Å². The van der Waals surface area contributed by atoms with Crippen molar-refractivity contribution in [1.82, 2.24) is 15.1 Å². The number of anilines is 1. The van der Waals surface area contributed by atoms with Gasteiger partial charge in [-0.05, 0) is 63.3 Å². The van der Waals surface area contributed by atoms with Gasteiger partial charge in [-0.2, -0.15) is 0 Å². The molecule has 3 atom stereocenters. The van der Waals surface area contributed by atoms with E-state index in [1.165, 1.54) is 0 Å². The van der Waals surface area contributed by atoms with E-state index in [-0.39, 0.29) is 24.3 Å². The fourth-order valence-corrected chi connectivity index (χ4v) is 5.04. The summed E-state index contributed by atoms with van der Waals surface area (Å²) in [6, 6.07) is 13.5. The van der Waals surface area contributed by atoms with Crippen molar-refractivity contribution in [3.8, 4) is 0 Å². The van der Waals surface area contributed by atoms with Crippen LogP contribution in [0.5, 0.6) is 0 Å². The van der Waals surface area contributed by atoms with Crippen molar-refractivity contribution in [2.24, 2.45) is 11.3 Å². The van der Waals surface area contributed by atoms with Gasteiger partial charge in [0.2, 0.25) is 11.8 Å². The molecule has 2 aromatic rings. The number of amides is 3. The van der Waals surface area contributed by atoms with Crippen LogP contribution in [0.25, 0.3) is 0 Å². The van der Waals surface area contributed by atoms with E-state index in [1.54, 1.807) is 67.2 Å². The number of carbonyl (C=O) groups is 3. The lowest BCUT2D eigenvalue weighted by Gasteiger charge is -2.51. The molecule has 1 aliphatic heterocycles. The molecule has 9 heteroatoms. The predicted molar refractivity (Wildman–Crippen MR) is 150 cm³/mol. The van der Waals surface area contributed by atoms with E-state index in [4.69, 9.17) is 11.6 Å². The van der Waals surface area contributed by atoms with Gasteiger partial charge >= 0.3 is 0 Å². The monoisotopic (exact) mass is 542 g/mol. The summed E-state index contributed by atoms with van der Waals surface area (Å²) in [5, 5.41) is 17.9. The molecular formula is C29H39ClN4O4. The molecule has 2 aromatic carbocycles. The molecule has 0 radical (unpaired) electrons. The number of carbonyl (C=O) groups excluding carboxylic acids is 3. The normalized spacial score (nSPS) is 20.5. The highest BCUT2D eigenvalue weighted by atomic mass is 35.5. The van der Waals surface area contributed by atoms with Gasteiger partial charge in [0.1, 0.15) is 0 Å². The summed E-state index contributed by atoms with van der Waals surface area (Å²) in [6.45, 7) is 8.55. The number of nitrogens with zero attached hydrogens (tertiary/aromatic N) is 2. The van der Waals surface area contributed by atoms with Gasteiger partial charge in [-0.15, -0.1) is 0 Å². The zero-order valence-corrected chi connectivity index (χ0v) is 23.8. The summed E-state index contributed by atoms with van der Waals surface area (Å²) in [5.74, 6) is -1.04. The Morgan fingerprint density at radius 1 is 1.11 bits per heavy atom. The molecule has 3 N–H and O–H groups in total. The second-order valence-electron chi connectivity index (χ2n) is 11.2. The third kappa shape index (κ3) is 6.73. The van der Waals surface area contributed by atoms with Gasteiger partial charge in [0.05, 0.1) is 18.1 Å². The summed E-state index contributed by atoms with van der Waals surface area (Å²) in [5.41, 5.74) is 0.0205. The number of halogens is 1. The first kappa shape index (κ1) is 29.6. The molecule has 38 heavy (non-hydrogen) atoms. The predicted octanol–water partition coefficient (Wildman–Crippen LogP) is 3.74. The average Bonchev–Trinajstić information content (AvgIpc) is 2.84. The van der Waals surface area contributed by atoms with Crippen molar-refractivity contribution in [1.29, 1.82) is 0 Å². The van der Waals surface area contributed by atoms with Crippen molar-refractivity contribution < 1.29 is 19.5 Å². The van der Waals surface area contributed by atoms with Crippen LogP contribution < -0.4 is 10.6 Å². The van der Waals surface area contributed by atoms with Crippen molar-refractivity contribution >= 4 is 35.0 Å². The molecule has 0 spiro atoms. The van der Waals surface area contributed by atoms with Gasteiger partial charge in [0.25, 0.3) is 5.91 Å². The average molecular weight is 543 g/mol. The summed E-state index contributed by atoms with van der Waals surface area (Å²) < 4.78 is 0. The van der Waals surface area contributed by atoms with Crippen LogP contribution in [0.3, 0.4) is 0 Å². The highest BCUT2D eigenvalue weighted by molar-refractivity contribution is 6.30. The van der Waals surface area contributed by atoms with Crippen LogP contribution in [0, 0.1) is 11.3 Å². The number of benzene rings is 2. The Kier molecular flexibility index (Phi) is 9.23. The minimum absolute atomic E-state index is 0.0752. The maximum atomic E-state index is 13.4. The maximum absolute atomic E-state index is 13.4. The van der Waals surface area contributed by atoms with Gasteiger partial charge in [-0.1, -0.05) is 50.6 Å². The topological polar surface area (TPSA) is 102 Å². The second kappa shape index (κ2) is 11.8. The molecule has 0 aromatic heterocycles. The lowest BCUT2D eigenvalue weighted by Crippen LogP contribution is -2.58. The number of likely N-dealkylation sites (N-methyl/N-ethyl adjacent to an activating group) is 1. The molecule has 1 fully saturated rings. The lowest BCUT2D eigenvalue weighted by molar-refractivity contribution is -0.156. The molecule has 0 aliphatic carbocycles. The minimum atomic E-state index is -1.09. The van der Waals surface area contributed by atoms with Crippen LogP contribution in [0.15, 0.2) is 48.5 Å². The molecule has 0 bridgehead atoms. The molecular weight excluding hydrogens is 504 g/mol. The number of hydrogen-bond donors (Lipinski definition) is 3. The first-order chi connectivity index (χ1) is 17.7. The first-order valence-electron chi connectivity index (χ1n) is 12.9. The molecule has 3 rings (SSSR count). The van der Waals surface area contributed by atoms with E-state index in [0.717, 1.165) is 5.56 Å². The van der Waals surface area contributed by atoms with Crippen molar-refractivity contribution in [2.75, 3.05) is 39.0 Å². The molecule has 8 nitrogen and oxygen atoms in total. The van der Waals surface area contributed by atoms with E-state index in [9.17, 15) is 19.5 Å². The van der Waals surface area contributed by atoms with Gasteiger partial charge in [-0.25, -0.2) is 0 Å². The Morgan fingerprint density at radius 2 is 1.76 bits per heavy atom. The van der Waals surface area contributed by atoms with Crippen LogP contribution in [0.4, 0.5) is 5.69 Å². The van der Waals surface area contributed by atoms with E-state index in [0.29, 0.717) is 35.8 Å².